The molecule has 1 unspecified atom stereocenters. The molecule has 0 aliphatic carbocycles. The van der Waals surface area contributed by atoms with Crippen LogP contribution in [0.15, 0.2) is 59.5 Å². The zero-order chi connectivity index (χ0) is 16.4. The maximum atomic E-state index is 12.9. The zero-order valence-electron chi connectivity index (χ0n) is 12.4. The van der Waals surface area contributed by atoms with Crippen molar-refractivity contribution in [1.82, 2.24) is 0 Å². The Bertz CT molecular complexity index is 767. The Balaban J connectivity index is 2.53. The van der Waals surface area contributed by atoms with E-state index in [1.807, 2.05) is 6.92 Å². The van der Waals surface area contributed by atoms with E-state index in [4.69, 9.17) is 0 Å². The lowest BCUT2D eigenvalue weighted by molar-refractivity contribution is 0.0976. The van der Waals surface area contributed by atoms with Gasteiger partial charge in [-0.1, -0.05) is 70.9 Å². The number of carbonyl (C=O) groups excluding carboxylic acids is 1. The normalized spacial score (nSPS) is 14.3. The molecular formula is C17H17BrO3S. The molecule has 22 heavy (non-hydrogen) atoms. The third-order valence-electron chi connectivity index (χ3n) is 3.59. The maximum absolute atomic E-state index is 12.9. The Morgan fingerprint density at radius 3 is 2.09 bits per heavy atom. The van der Waals surface area contributed by atoms with Crippen molar-refractivity contribution in [2.45, 2.75) is 28.8 Å². The fourth-order valence-corrected chi connectivity index (χ4v) is 4.58. The number of carbonyl (C=O) groups is 1. The highest BCUT2D eigenvalue weighted by atomic mass is 79.9. The van der Waals surface area contributed by atoms with Crippen LogP contribution in [0.4, 0.5) is 0 Å². The van der Waals surface area contributed by atoms with Gasteiger partial charge in [-0.3, -0.25) is 4.79 Å². The monoisotopic (exact) mass is 380 g/mol. The Morgan fingerprint density at radius 2 is 1.59 bits per heavy atom. The van der Waals surface area contributed by atoms with Crippen LogP contribution in [0.2, 0.25) is 0 Å². The molecule has 116 valence electrons. The molecule has 0 radical (unpaired) electrons. The molecule has 1 atom stereocenters. The zero-order valence-corrected chi connectivity index (χ0v) is 14.8. The number of hydrogen-bond acceptors (Lipinski definition) is 3. The third kappa shape index (κ3) is 2.88. The minimum absolute atomic E-state index is 0.136. The molecule has 0 aliphatic rings. The molecule has 5 heteroatoms. The molecule has 0 spiro atoms. The van der Waals surface area contributed by atoms with Crippen LogP contribution in [0, 0.1) is 6.92 Å². The molecule has 2 rings (SSSR count). The molecule has 0 N–H and O–H groups in total. The van der Waals surface area contributed by atoms with E-state index < -0.39 is 19.3 Å². The standard InChI is InChI=1S/C17H17BrO3S/c1-3-17(18,16(19)14-7-5-4-6-8-14)22(20,21)15-11-9-13(2)10-12-15/h4-12H,3H2,1-2H3. The number of alkyl halides is 1. The van der Waals surface area contributed by atoms with Crippen molar-refractivity contribution in [3.63, 3.8) is 0 Å². The lowest BCUT2D eigenvalue weighted by Gasteiger charge is -2.25. The maximum Gasteiger partial charge on any atom is 0.201 e. The second-order valence-electron chi connectivity index (χ2n) is 5.09. The molecule has 0 aliphatic heterocycles. The van der Waals surface area contributed by atoms with Crippen LogP contribution in [-0.2, 0) is 9.84 Å². The first-order valence-corrected chi connectivity index (χ1v) is 9.20. The van der Waals surface area contributed by atoms with Crippen molar-refractivity contribution in [2.24, 2.45) is 0 Å². The highest BCUT2D eigenvalue weighted by Gasteiger charge is 2.47. The lowest BCUT2D eigenvalue weighted by Crippen LogP contribution is -2.40. The van der Waals surface area contributed by atoms with Gasteiger partial charge in [0.05, 0.1) is 4.90 Å². The summed E-state index contributed by atoms with van der Waals surface area (Å²) in [4.78, 5) is 12.9. The molecule has 0 aromatic heterocycles. The summed E-state index contributed by atoms with van der Waals surface area (Å²) in [7, 11) is -3.85. The summed E-state index contributed by atoms with van der Waals surface area (Å²) in [6.07, 6.45) is 0.136. The summed E-state index contributed by atoms with van der Waals surface area (Å²) >= 11 is 3.23. The molecule has 0 fully saturated rings. The van der Waals surface area contributed by atoms with E-state index in [9.17, 15) is 13.2 Å². The van der Waals surface area contributed by atoms with Gasteiger partial charge in [-0.2, -0.15) is 0 Å². The number of sulfone groups is 1. The average Bonchev–Trinajstić information content (AvgIpc) is 2.54. The lowest BCUT2D eigenvalue weighted by atomic mass is 10.1. The van der Waals surface area contributed by atoms with Crippen LogP contribution in [0.5, 0.6) is 0 Å². The minimum atomic E-state index is -3.85. The number of aryl methyl sites for hydroxylation is 1. The number of rotatable bonds is 5. The summed E-state index contributed by atoms with van der Waals surface area (Å²) in [5, 5.41) is 0. The van der Waals surface area contributed by atoms with Crippen molar-refractivity contribution < 1.29 is 13.2 Å². The van der Waals surface area contributed by atoms with E-state index in [2.05, 4.69) is 15.9 Å². The number of benzene rings is 2. The SMILES string of the molecule is CCC(Br)(C(=O)c1ccccc1)S(=O)(=O)c1ccc(C)cc1. The van der Waals surface area contributed by atoms with Gasteiger partial charge in [0.15, 0.2) is 9.44 Å². The molecular weight excluding hydrogens is 364 g/mol. The highest BCUT2D eigenvalue weighted by Crippen LogP contribution is 2.38. The number of Topliss-reactive ketones (excluding diaryl/α,β-unsaturated/α-hetero) is 1. The second-order valence-corrected chi connectivity index (χ2v) is 9.15. The number of hydrogen-bond donors (Lipinski definition) is 0. The van der Waals surface area contributed by atoms with Crippen LogP contribution in [0.3, 0.4) is 0 Å². The Hall–Kier alpha value is -1.46. The molecule has 0 bridgehead atoms. The Morgan fingerprint density at radius 1 is 1.05 bits per heavy atom. The summed E-state index contributed by atoms with van der Waals surface area (Å²) in [6.45, 7) is 3.56. The van der Waals surface area contributed by atoms with Gasteiger partial charge < -0.3 is 0 Å². The first-order valence-electron chi connectivity index (χ1n) is 6.93. The molecule has 0 amide bonds. The van der Waals surface area contributed by atoms with Crippen molar-refractivity contribution in [3.05, 3.63) is 65.7 Å². The van der Waals surface area contributed by atoms with Gasteiger partial charge in [0, 0.05) is 5.56 Å². The van der Waals surface area contributed by atoms with Gasteiger partial charge in [-0.15, -0.1) is 0 Å². The van der Waals surface area contributed by atoms with E-state index in [1.54, 1.807) is 49.4 Å². The molecule has 0 heterocycles. The van der Waals surface area contributed by atoms with Crippen molar-refractivity contribution >= 4 is 31.6 Å². The van der Waals surface area contributed by atoms with E-state index in [-0.39, 0.29) is 11.3 Å². The first kappa shape index (κ1) is 16.9. The smallest absolute Gasteiger partial charge is 0.201 e. The molecule has 2 aromatic carbocycles. The number of ketones is 1. The first-order chi connectivity index (χ1) is 10.3. The van der Waals surface area contributed by atoms with Gasteiger partial charge in [-0.05, 0) is 25.5 Å². The summed E-state index contributed by atoms with van der Waals surface area (Å²) in [5.41, 5.74) is 1.34. The topological polar surface area (TPSA) is 51.2 Å². The van der Waals surface area contributed by atoms with Gasteiger partial charge >= 0.3 is 0 Å². The fraction of sp³-hybridized carbons (Fsp3) is 0.235. The Labute approximate surface area is 139 Å². The van der Waals surface area contributed by atoms with E-state index in [0.29, 0.717) is 5.56 Å². The molecule has 2 aromatic rings. The largest absolute Gasteiger partial charge is 0.291 e. The number of halogens is 1. The minimum Gasteiger partial charge on any atom is -0.291 e. The van der Waals surface area contributed by atoms with Crippen LogP contribution in [0.25, 0.3) is 0 Å². The van der Waals surface area contributed by atoms with Crippen molar-refractivity contribution in [3.8, 4) is 0 Å². The molecule has 0 saturated heterocycles. The van der Waals surface area contributed by atoms with Crippen LogP contribution in [0.1, 0.15) is 29.3 Å². The van der Waals surface area contributed by atoms with E-state index in [1.165, 1.54) is 12.1 Å². The van der Waals surface area contributed by atoms with Crippen molar-refractivity contribution in [1.29, 1.82) is 0 Å². The van der Waals surface area contributed by atoms with Crippen LogP contribution < -0.4 is 0 Å². The summed E-state index contributed by atoms with van der Waals surface area (Å²) < 4.78 is 24.2. The Kier molecular flexibility index (Phi) is 4.87. The second kappa shape index (κ2) is 6.34. The van der Waals surface area contributed by atoms with Gasteiger partial charge in [0.2, 0.25) is 9.84 Å². The van der Waals surface area contributed by atoms with Gasteiger partial charge in [-0.25, -0.2) is 8.42 Å². The van der Waals surface area contributed by atoms with Gasteiger partial charge in [0.1, 0.15) is 0 Å². The highest BCUT2D eigenvalue weighted by molar-refractivity contribution is 9.12. The summed E-state index contributed by atoms with van der Waals surface area (Å²) in [6, 6.07) is 15.0. The van der Waals surface area contributed by atoms with E-state index >= 15 is 0 Å². The van der Waals surface area contributed by atoms with Crippen LogP contribution in [-0.4, -0.2) is 17.9 Å². The predicted molar refractivity (Wildman–Crippen MR) is 91.1 cm³/mol. The average molecular weight is 381 g/mol. The predicted octanol–water partition coefficient (Wildman–Crippen LogP) is 4.15. The quantitative estimate of drug-likeness (QED) is 0.578. The van der Waals surface area contributed by atoms with Gasteiger partial charge in [0.25, 0.3) is 0 Å². The van der Waals surface area contributed by atoms with Crippen molar-refractivity contribution in [2.75, 3.05) is 0 Å². The summed E-state index contributed by atoms with van der Waals surface area (Å²) in [5.74, 6) is -0.448. The fourth-order valence-electron chi connectivity index (χ4n) is 2.18. The van der Waals surface area contributed by atoms with Crippen LogP contribution >= 0.6 is 15.9 Å². The third-order valence-corrected chi connectivity index (χ3v) is 8.01. The molecule has 0 saturated carbocycles. The van der Waals surface area contributed by atoms with E-state index in [0.717, 1.165) is 5.56 Å². The molecule has 3 nitrogen and oxygen atoms in total.